The summed E-state index contributed by atoms with van der Waals surface area (Å²) in [6, 6.07) is 24.9. The van der Waals surface area contributed by atoms with Gasteiger partial charge in [-0.15, -0.1) is 0 Å². The number of carboxylic acids is 1. The molecule has 1 unspecified atom stereocenters. The van der Waals surface area contributed by atoms with Gasteiger partial charge in [-0.25, -0.2) is 9.59 Å². The van der Waals surface area contributed by atoms with Gasteiger partial charge >= 0.3 is 12.0 Å². The van der Waals surface area contributed by atoms with Gasteiger partial charge in [0, 0.05) is 12.1 Å². The monoisotopic (exact) mass is 360 g/mol. The maximum Gasteiger partial charge on any atom is 0.326 e. The molecule has 0 radical (unpaired) electrons. The van der Waals surface area contributed by atoms with Gasteiger partial charge in [-0.2, -0.15) is 0 Å². The topological polar surface area (TPSA) is 78.4 Å². The van der Waals surface area contributed by atoms with Crippen LogP contribution in [-0.2, 0) is 11.2 Å². The highest BCUT2D eigenvalue weighted by Gasteiger charge is 2.20. The first-order valence-electron chi connectivity index (χ1n) is 8.61. The van der Waals surface area contributed by atoms with Crippen molar-refractivity contribution in [2.45, 2.75) is 12.5 Å². The molecule has 0 saturated heterocycles. The fourth-order valence-electron chi connectivity index (χ4n) is 2.75. The molecule has 5 heteroatoms. The van der Waals surface area contributed by atoms with Crippen LogP contribution in [0.3, 0.4) is 0 Å². The molecule has 0 aliphatic rings. The predicted molar refractivity (Wildman–Crippen MR) is 106 cm³/mol. The molecule has 0 heterocycles. The number of urea groups is 1. The van der Waals surface area contributed by atoms with E-state index >= 15 is 0 Å². The molecule has 0 saturated carbocycles. The van der Waals surface area contributed by atoms with Crippen LogP contribution in [0.1, 0.15) is 5.56 Å². The maximum atomic E-state index is 12.2. The maximum absolute atomic E-state index is 12.2. The van der Waals surface area contributed by atoms with Crippen LogP contribution in [0.5, 0.6) is 0 Å². The fraction of sp³-hybridized carbons (Fsp3) is 0.0909. The van der Waals surface area contributed by atoms with Crippen molar-refractivity contribution in [2.24, 2.45) is 0 Å². The van der Waals surface area contributed by atoms with Crippen molar-refractivity contribution in [3.63, 3.8) is 0 Å². The minimum atomic E-state index is -1.08. The molecule has 0 fully saturated rings. The van der Waals surface area contributed by atoms with Gasteiger partial charge in [0.05, 0.1) is 0 Å². The van der Waals surface area contributed by atoms with Crippen LogP contribution < -0.4 is 10.6 Å². The van der Waals surface area contributed by atoms with Gasteiger partial charge in [0.2, 0.25) is 0 Å². The molecule has 1 atom stereocenters. The number of carbonyl (C=O) groups is 2. The summed E-state index contributed by atoms with van der Waals surface area (Å²) >= 11 is 0. The molecule has 0 aliphatic heterocycles. The molecule has 2 amide bonds. The van der Waals surface area contributed by atoms with Crippen molar-refractivity contribution in [3.8, 4) is 11.1 Å². The smallest absolute Gasteiger partial charge is 0.326 e. The number of nitrogens with one attached hydrogen (secondary N) is 2. The van der Waals surface area contributed by atoms with E-state index < -0.39 is 18.0 Å². The average molecular weight is 360 g/mol. The molecule has 3 rings (SSSR count). The van der Waals surface area contributed by atoms with E-state index in [1.807, 2.05) is 72.8 Å². The second kappa shape index (κ2) is 8.67. The van der Waals surface area contributed by atoms with Crippen LogP contribution >= 0.6 is 0 Å². The van der Waals surface area contributed by atoms with Gasteiger partial charge in [0.1, 0.15) is 6.04 Å². The highest BCUT2D eigenvalue weighted by molar-refractivity contribution is 5.92. The fourth-order valence-corrected chi connectivity index (χ4v) is 2.75. The Morgan fingerprint density at radius 3 is 1.93 bits per heavy atom. The van der Waals surface area contributed by atoms with Crippen LogP contribution in [0.2, 0.25) is 0 Å². The Morgan fingerprint density at radius 2 is 1.33 bits per heavy atom. The van der Waals surface area contributed by atoms with Crippen molar-refractivity contribution in [2.75, 3.05) is 5.32 Å². The zero-order valence-corrected chi connectivity index (χ0v) is 14.6. The molecular formula is C22H20N2O3. The minimum absolute atomic E-state index is 0.219. The van der Waals surface area contributed by atoms with Crippen molar-refractivity contribution in [3.05, 3.63) is 90.5 Å². The lowest BCUT2D eigenvalue weighted by atomic mass is 10.1. The first kappa shape index (κ1) is 18.2. The van der Waals surface area contributed by atoms with Gasteiger partial charge < -0.3 is 15.7 Å². The van der Waals surface area contributed by atoms with Crippen molar-refractivity contribution < 1.29 is 14.7 Å². The van der Waals surface area contributed by atoms with E-state index in [0.29, 0.717) is 5.69 Å². The second-order valence-electron chi connectivity index (χ2n) is 6.12. The van der Waals surface area contributed by atoms with Crippen molar-refractivity contribution >= 4 is 17.7 Å². The Morgan fingerprint density at radius 1 is 0.778 bits per heavy atom. The van der Waals surface area contributed by atoms with Crippen molar-refractivity contribution in [1.29, 1.82) is 0 Å². The summed E-state index contributed by atoms with van der Waals surface area (Å²) in [5.74, 6) is -1.08. The summed E-state index contributed by atoms with van der Waals surface area (Å²) in [6.07, 6.45) is 0.219. The zero-order valence-electron chi connectivity index (χ0n) is 14.6. The molecule has 0 aliphatic carbocycles. The van der Waals surface area contributed by atoms with Crippen LogP contribution in [0.25, 0.3) is 11.1 Å². The lowest BCUT2D eigenvalue weighted by Crippen LogP contribution is -2.44. The van der Waals surface area contributed by atoms with Crippen LogP contribution in [0.4, 0.5) is 10.5 Å². The standard InChI is InChI=1S/C22H20N2O3/c25-21(26)20(15-16-7-3-1-4-8-16)24-22(27)23-19-13-11-18(12-14-19)17-9-5-2-6-10-17/h1-14,20H,15H2,(H,25,26)(H2,23,24,27). The summed E-state index contributed by atoms with van der Waals surface area (Å²) in [5.41, 5.74) is 3.56. The number of benzene rings is 3. The van der Waals surface area contributed by atoms with Crippen LogP contribution in [0, 0.1) is 0 Å². The lowest BCUT2D eigenvalue weighted by Gasteiger charge is -2.15. The number of carboxylic acid groups (broad SMARTS) is 1. The molecule has 3 aromatic carbocycles. The molecule has 5 nitrogen and oxygen atoms in total. The molecular weight excluding hydrogens is 340 g/mol. The summed E-state index contributed by atoms with van der Waals surface area (Å²) in [4.78, 5) is 23.6. The normalized spacial score (nSPS) is 11.4. The number of anilines is 1. The molecule has 3 N–H and O–H groups in total. The molecule has 136 valence electrons. The van der Waals surface area contributed by atoms with E-state index in [2.05, 4.69) is 10.6 Å². The molecule has 0 bridgehead atoms. The SMILES string of the molecule is O=C(Nc1ccc(-c2ccccc2)cc1)NC(Cc1ccccc1)C(=O)O. The third kappa shape index (κ3) is 5.19. The highest BCUT2D eigenvalue weighted by atomic mass is 16.4. The molecule has 0 spiro atoms. The summed E-state index contributed by atoms with van der Waals surface area (Å²) < 4.78 is 0. The molecule has 0 aromatic heterocycles. The zero-order chi connectivity index (χ0) is 19.1. The lowest BCUT2D eigenvalue weighted by molar-refractivity contribution is -0.139. The third-order valence-electron chi connectivity index (χ3n) is 4.14. The molecule has 3 aromatic rings. The number of aliphatic carboxylic acids is 1. The Kier molecular flexibility index (Phi) is 5.84. The van der Waals surface area contributed by atoms with Gasteiger partial charge in [0.25, 0.3) is 0 Å². The minimum Gasteiger partial charge on any atom is -0.480 e. The largest absolute Gasteiger partial charge is 0.480 e. The highest BCUT2D eigenvalue weighted by Crippen LogP contribution is 2.20. The number of hydrogen-bond acceptors (Lipinski definition) is 2. The first-order valence-corrected chi connectivity index (χ1v) is 8.61. The number of hydrogen-bond donors (Lipinski definition) is 3. The number of rotatable bonds is 6. The van der Waals surface area contributed by atoms with Gasteiger partial charge in [-0.1, -0.05) is 72.8 Å². The summed E-state index contributed by atoms with van der Waals surface area (Å²) in [7, 11) is 0. The Balaban J connectivity index is 1.61. The number of carbonyl (C=O) groups excluding carboxylic acids is 1. The summed E-state index contributed by atoms with van der Waals surface area (Å²) in [6.45, 7) is 0. The van der Waals surface area contributed by atoms with E-state index in [9.17, 15) is 14.7 Å². The first-order chi connectivity index (χ1) is 13.1. The van der Waals surface area contributed by atoms with Gasteiger partial charge in [-0.05, 0) is 28.8 Å². The Hall–Kier alpha value is -3.60. The van der Waals surface area contributed by atoms with E-state index in [4.69, 9.17) is 0 Å². The van der Waals surface area contributed by atoms with Crippen LogP contribution in [-0.4, -0.2) is 23.1 Å². The van der Waals surface area contributed by atoms with E-state index in [1.165, 1.54) is 0 Å². The predicted octanol–water partition coefficient (Wildman–Crippen LogP) is 4.17. The van der Waals surface area contributed by atoms with E-state index in [0.717, 1.165) is 16.7 Å². The van der Waals surface area contributed by atoms with E-state index in [1.54, 1.807) is 12.1 Å². The quantitative estimate of drug-likeness (QED) is 0.617. The summed E-state index contributed by atoms with van der Waals surface area (Å²) in [5, 5.41) is 14.6. The van der Waals surface area contributed by atoms with Crippen molar-refractivity contribution in [1.82, 2.24) is 5.32 Å². The molecule has 27 heavy (non-hydrogen) atoms. The Bertz CT molecular complexity index is 894. The third-order valence-corrected chi connectivity index (χ3v) is 4.14. The average Bonchev–Trinajstić information content (AvgIpc) is 2.69. The van der Waals surface area contributed by atoms with E-state index in [-0.39, 0.29) is 6.42 Å². The van der Waals surface area contributed by atoms with Gasteiger partial charge in [-0.3, -0.25) is 0 Å². The second-order valence-corrected chi connectivity index (χ2v) is 6.12. The van der Waals surface area contributed by atoms with Gasteiger partial charge in [0.15, 0.2) is 0 Å². The number of amides is 2. The van der Waals surface area contributed by atoms with Crippen LogP contribution in [0.15, 0.2) is 84.9 Å². The Labute approximate surface area is 157 Å².